The van der Waals surface area contributed by atoms with Gasteiger partial charge in [0.2, 0.25) is 5.95 Å². The zero-order chi connectivity index (χ0) is 15.4. The molecule has 3 aromatic rings. The average Bonchev–Trinajstić information content (AvgIpc) is 3.29. The van der Waals surface area contributed by atoms with E-state index in [9.17, 15) is 0 Å². The Morgan fingerprint density at radius 1 is 1.04 bits per heavy atom. The number of likely N-dealkylation sites (N-methyl/N-ethyl adjacent to an activating group) is 1. The molecule has 5 rings (SSSR count). The Balaban J connectivity index is 1.43. The normalized spacial score (nSPS) is 24.0. The molecule has 5 heteroatoms. The first-order valence-electron chi connectivity index (χ1n) is 8.04. The van der Waals surface area contributed by atoms with Crippen molar-refractivity contribution in [1.82, 2.24) is 14.9 Å². The first-order valence-corrected chi connectivity index (χ1v) is 8.04. The molecule has 0 N–H and O–H groups in total. The monoisotopic (exact) mass is 306 g/mol. The number of hydrogen-bond acceptors (Lipinski definition) is 5. The summed E-state index contributed by atoms with van der Waals surface area (Å²) in [6, 6.07) is 9.37. The van der Waals surface area contributed by atoms with Crippen LogP contribution < -0.4 is 4.90 Å². The van der Waals surface area contributed by atoms with Crippen LogP contribution in [0, 0.1) is 0 Å². The summed E-state index contributed by atoms with van der Waals surface area (Å²) in [6.07, 6.45) is 6.81. The minimum Gasteiger partial charge on any atom is -0.464 e. The van der Waals surface area contributed by atoms with Crippen LogP contribution in [0.2, 0.25) is 0 Å². The smallest absolute Gasteiger partial charge is 0.225 e. The van der Waals surface area contributed by atoms with E-state index in [1.54, 1.807) is 6.26 Å². The highest BCUT2D eigenvalue weighted by Crippen LogP contribution is 2.32. The van der Waals surface area contributed by atoms with Gasteiger partial charge in [-0.1, -0.05) is 6.07 Å². The van der Waals surface area contributed by atoms with Crippen molar-refractivity contribution in [2.24, 2.45) is 0 Å². The van der Waals surface area contributed by atoms with Gasteiger partial charge in [-0.25, -0.2) is 9.97 Å². The van der Waals surface area contributed by atoms with Gasteiger partial charge < -0.3 is 9.32 Å². The van der Waals surface area contributed by atoms with Gasteiger partial charge in [0.25, 0.3) is 0 Å². The number of nitrogens with zero attached hydrogens (tertiary/aromatic N) is 4. The maximum Gasteiger partial charge on any atom is 0.225 e. The van der Waals surface area contributed by atoms with Gasteiger partial charge in [0.15, 0.2) is 0 Å². The molecule has 2 aliphatic rings. The topological polar surface area (TPSA) is 45.4 Å². The number of fused-ring (bicyclic) bond motifs is 3. The number of anilines is 1. The molecule has 116 valence electrons. The molecule has 0 amide bonds. The van der Waals surface area contributed by atoms with Crippen molar-refractivity contribution in [3.63, 3.8) is 0 Å². The van der Waals surface area contributed by atoms with Crippen molar-refractivity contribution in [3.8, 4) is 11.1 Å². The van der Waals surface area contributed by atoms with Crippen molar-refractivity contribution in [3.05, 3.63) is 42.9 Å². The quantitative estimate of drug-likeness (QED) is 0.728. The zero-order valence-corrected chi connectivity index (χ0v) is 13.0. The Morgan fingerprint density at radius 3 is 2.65 bits per heavy atom. The summed E-state index contributed by atoms with van der Waals surface area (Å²) in [4.78, 5) is 14.0. The van der Waals surface area contributed by atoms with Crippen LogP contribution in [0.1, 0.15) is 6.42 Å². The second-order valence-electron chi connectivity index (χ2n) is 6.58. The molecule has 0 saturated carbocycles. The van der Waals surface area contributed by atoms with Gasteiger partial charge in [-0.2, -0.15) is 0 Å². The second-order valence-corrected chi connectivity index (χ2v) is 6.58. The lowest BCUT2D eigenvalue weighted by molar-refractivity contribution is 0.291. The molecule has 0 radical (unpaired) electrons. The lowest BCUT2D eigenvalue weighted by Gasteiger charge is -2.31. The fraction of sp³-hybridized carbons (Fsp3) is 0.333. The molecule has 2 aromatic heterocycles. The van der Waals surface area contributed by atoms with Crippen molar-refractivity contribution in [2.45, 2.75) is 18.5 Å². The summed E-state index contributed by atoms with van der Waals surface area (Å²) in [6.45, 7) is 2.16. The van der Waals surface area contributed by atoms with E-state index in [2.05, 4.69) is 38.9 Å². The number of hydrogen-bond donors (Lipinski definition) is 0. The molecule has 23 heavy (non-hydrogen) atoms. The number of likely N-dealkylation sites (tertiary alicyclic amines) is 1. The molecule has 2 aliphatic heterocycles. The van der Waals surface area contributed by atoms with Gasteiger partial charge in [-0.05, 0) is 37.2 Å². The van der Waals surface area contributed by atoms with E-state index in [0.717, 1.165) is 41.1 Å². The largest absolute Gasteiger partial charge is 0.464 e. The van der Waals surface area contributed by atoms with E-state index in [-0.39, 0.29) is 0 Å². The number of furan rings is 1. The highest BCUT2D eigenvalue weighted by Gasteiger charge is 2.42. The van der Waals surface area contributed by atoms with Crippen molar-refractivity contribution in [2.75, 3.05) is 25.0 Å². The number of benzene rings is 1. The van der Waals surface area contributed by atoms with Gasteiger partial charge in [-0.3, -0.25) is 4.90 Å². The van der Waals surface area contributed by atoms with Crippen LogP contribution in [0.5, 0.6) is 0 Å². The lowest BCUT2D eigenvalue weighted by atomic mass is 10.1. The number of piperazine rings is 1. The third-order valence-electron chi connectivity index (χ3n) is 5.20. The molecular weight excluding hydrogens is 288 g/mol. The Morgan fingerprint density at radius 2 is 1.91 bits per heavy atom. The molecule has 1 aromatic carbocycles. The Hall–Kier alpha value is -2.40. The summed E-state index contributed by atoms with van der Waals surface area (Å²) in [7, 11) is 2.21. The van der Waals surface area contributed by atoms with Crippen molar-refractivity contribution in [1.29, 1.82) is 0 Å². The Bertz CT molecular complexity index is 855. The summed E-state index contributed by atoms with van der Waals surface area (Å²) in [5.74, 6) is 0.860. The second kappa shape index (κ2) is 4.80. The molecular formula is C18H18N4O. The van der Waals surface area contributed by atoms with Crippen LogP contribution in [0.25, 0.3) is 22.1 Å². The van der Waals surface area contributed by atoms with E-state index >= 15 is 0 Å². The SMILES string of the molecule is CN1C[C@@H]2C[C@H]1CN2c1ncc(-c2ccc3occc3c2)cn1. The predicted molar refractivity (Wildman–Crippen MR) is 89.4 cm³/mol. The highest BCUT2D eigenvalue weighted by atomic mass is 16.3. The van der Waals surface area contributed by atoms with Crippen molar-refractivity contribution >= 4 is 16.9 Å². The average molecular weight is 306 g/mol. The summed E-state index contributed by atoms with van der Waals surface area (Å²) in [5, 5.41) is 1.10. The lowest BCUT2D eigenvalue weighted by Crippen LogP contribution is -2.45. The van der Waals surface area contributed by atoms with Crippen LogP contribution >= 0.6 is 0 Å². The van der Waals surface area contributed by atoms with E-state index in [0.29, 0.717) is 12.1 Å². The number of rotatable bonds is 2. The van der Waals surface area contributed by atoms with Gasteiger partial charge in [0.1, 0.15) is 5.58 Å². The minimum atomic E-state index is 0.568. The molecule has 2 fully saturated rings. The Labute approximate surface area is 134 Å². The van der Waals surface area contributed by atoms with E-state index in [1.165, 1.54) is 6.42 Å². The molecule has 0 unspecified atom stereocenters. The van der Waals surface area contributed by atoms with Crippen LogP contribution in [0.3, 0.4) is 0 Å². The van der Waals surface area contributed by atoms with Crippen LogP contribution in [-0.4, -0.2) is 47.1 Å². The highest BCUT2D eigenvalue weighted by molar-refractivity contribution is 5.83. The first kappa shape index (κ1) is 13.1. The molecule has 0 spiro atoms. The summed E-state index contributed by atoms with van der Waals surface area (Å²) >= 11 is 0. The van der Waals surface area contributed by atoms with Crippen molar-refractivity contribution < 1.29 is 4.42 Å². The predicted octanol–water partition coefficient (Wildman–Crippen LogP) is 2.78. The molecule has 5 nitrogen and oxygen atoms in total. The van der Waals surface area contributed by atoms with Gasteiger partial charge in [-0.15, -0.1) is 0 Å². The third kappa shape index (κ3) is 2.04. The van der Waals surface area contributed by atoms with E-state index < -0.39 is 0 Å². The summed E-state index contributed by atoms with van der Waals surface area (Å²) in [5.41, 5.74) is 3.06. The minimum absolute atomic E-state index is 0.568. The van der Waals surface area contributed by atoms with Gasteiger partial charge in [0, 0.05) is 48.5 Å². The van der Waals surface area contributed by atoms with Gasteiger partial charge in [0.05, 0.1) is 6.26 Å². The maximum absolute atomic E-state index is 5.39. The summed E-state index contributed by atoms with van der Waals surface area (Å²) < 4.78 is 5.39. The molecule has 4 heterocycles. The van der Waals surface area contributed by atoms with Crippen LogP contribution in [0.15, 0.2) is 47.3 Å². The van der Waals surface area contributed by atoms with Gasteiger partial charge >= 0.3 is 0 Å². The molecule has 0 aliphatic carbocycles. The standard InChI is InChI=1S/C18H18N4O/c1-21-10-16-7-15(21)11-22(16)18-19-8-14(9-20-18)12-2-3-17-13(6-12)4-5-23-17/h2-6,8-9,15-16H,7,10-11H2,1H3/t15-,16-/m0/s1. The zero-order valence-electron chi connectivity index (χ0n) is 13.0. The Kier molecular flexibility index (Phi) is 2.73. The maximum atomic E-state index is 5.39. The molecule has 2 bridgehead atoms. The van der Waals surface area contributed by atoms with Crippen LogP contribution in [0.4, 0.5) is 5.95 Å². The first-order chi connectivity index (χ1) is 11.3. The van der Waals surface area contributed by atoms with E-state index in [1.807, 2.05) is 24.5 Å². The third-order valence-corrected chi connectivity index (χ3v) is 5.20. The number of aromatic nitrogens is 2. The van der Waals surface area contributed by atoms with E-state index in [4.69, 9.17) is 4.42 Å². The molecule has 2 saturated heterocycles. The fourth-order valence-corrected chi connectivity index (χ4v) is 3.88. The molecule has 2 atom stereocenters. The fourth-order valence-electron chi connectivity index (χ4n) is 3.88. The van der Waals surface area contributed by atoms with Crippen LogP contribution in [-0.2, 0) is 0 Å².